The van der Waals surface area contributed by atoms with Crippen LogP contribution in [0.5, 0.6) is 0 Å². The third-order valence-corrected chi connectivity index (χ3v) is 2.71. The quantitative estimate of drug-likeness (QED) is 0.243. The Morgan fingerprint density at radius 3 is 2.45 bits per heavy atom. The Labute approximate surface area is 134 Å². The first-order valence-electron chi connectivity index (χ1n) is 5.27. The second kappa shape index (κ2) is 6.12. The van der Waals surface area contributed by atoms with E-state index in [0.29, 0.717) is 4.90 Å². The van der Waals surface area contributed by atoms with Crippen LogP contribution in [0.1, 0.15) is 27.1 Å². The van der Waals surface area contributed by atoms with E-state index >= 15 is 0 Å². The molecule has 0 unspecified atom stereocenters. The fourth-order valence-corrected chi connectivity index (χ4v) is 1.87. The van der Waals surface area contributed by atoms with Crippen molar-refractivity contribution in [2.24, 2.45) is 0 Å². The molecular formula is C11H7N2NaO6. The van der Waals surface area contributed by atoms with Crippen molar-refractivity contribution < 1.29 is 54.0 Å². The minimum Gasteiger partial charge on any atom is -0.550 e. The number of nitrogens with zero attached hydrogens (tertiary/aromatic N) is 2. The molecule has 1 aromatic carbocycles. The first kappa shape index (κ1) is 16.3. The molecule has 0 saturated heterocycles. The van der Waals surface area contributed by atoms with Crippen LogP contribution in [0.25, 0.3) is 0 Å². The predicted molar refractivity (Wildman–Crippen MR) is 58.1 cm³/mol. The van der Waals surface area contributed by atoms with E-state index in [1.165, 1.54) is 12.1 Å². The van der Waals surface area contributed by atoms with Crippen molar-refractivity contribution in [3.63, 3.8) is 0 Å². The molecule has 2 rings (SSSR count). The molecule has 1 heterocycles. The molecule has 9 heteroatoms. The van der Waals surface area contributed by atoms with E-state index in [2.05, 4.69) is 0 Å². The number of fused-ring (bicyclic) bond motifs is 1. The van der Waals surface area contributed by atoms with Gasteiger partial charge in [-0.2, -0.15) is 0 Å². The van der Waals surface area contributed by atoms with Gasteiger partial charge >= 0.3 is 29.6 Å². The Morgan fingerprint density at radius 2 is 1.90 bits per heavy atom. The Kier molecular flexibility index (Phi) is 4.98. The van der Waals surface area contributed by atoms with E-state index in [1.54, 1.807) is 0 Å². The number of hydrogen-bond acceptors (Lipinski definition) is 6. The summed E-state index contributed by atoms with van der Waals surface area (Å²) in [5, 5.41) is 21.2. The van der Waals surface area contributed by atoms with Gasteiger partial charge < -0.3 is 9.90 Å². The van der Waals surface area contributed by atoms with Crippen molar-refractivity contribution in [3.8, 4) is 0 Å². The zero-order chi connectivity index (χ0) is 14.2. The predicted octanol–water partition coefficient (Wildman–Crippen LogP) is -3.67. The third-order valence-electron chi connectivity index (χ3n) is 2.71. The number of carbonyl (C=O) groups excluding carboxylic acids is 3. The summed E-state index contributed by atoms with van der Waals surface area (Å²) in [7, 11) is 0. The molecular weight excluding hydrogens is 279 g/mol. The van der Waals surface area contributed by atoms with Gasteiger partial charge in [0.2, 0.25) is 0 Å². The minimum absolute atomic E-state index is 0. The van der Waals surface area contributed by atoms with Crippen molar-refractivity contribution in [2.75, 3.05) is 6.54 Å². The Hall–Kier alpha value is -1.77. The Morgan fingerprint density at radius 1 is 1.25 bits per heavy atom. The van der Waals surface area contributed by atoms with Gasteiger partial charge in [-0.1, -0.05) is 6.07 Å². The van der Waals surface area contributed by atoms with Gasteiger partial charge in [0.05, 0.1) is 10.5 Å². The van der Waals surface area contributed by atoms with Gasteiger partial charge in [-0.25, -0.2) is 0 Å². The zero-order valence-electron chi connectivity index (χ0n) is 10.5. The maximum absolute atomic E-state index is 11.9. The molecule has 1 aliphatic heterocycles. The molecule has 2 amide bonds. The number of carbonyl (C=O) groups is 3. The van der Waals surface area contributed by atoms with Crippen molar-refractivity contribution in [2.45, 2.75) is 6.42 Å². The molecule has 0 fully saturated rings. The van der Waals surface area contributed by atoms with Crippen LogP contribution in [0.15, 0.2) is 18.2 Å². The summed E-state index contributed by atoms with van der Waals surface area (Å²) in [5.74, 6) is -3.00. The fraction of sp³-hybridized carbons (Fsp3) is 0.182. The number of imide groups is 1. The van der Waals surface area contributed by atoms with E-state index in [4.69, 9.17) is 0 Å². The van der Waals surface area contributed by atoms with E-state index < -0.39 is 34.8 Å². The van der Waals surface area contributed by atoms with Crippen molar-refractivity contribution in [1.29, 1.82) is 0 Å². The second-order valence-corrected chi connectivity index (χ2v) is 3.84. The van der Waals surface area contributed by atoms with Gasteiger partial charge in [0.15, 0.2) is 0 Å². The molecule has 0 aliphatic carbocycles. The third kappa shape index (κ3) is 2.72. The van der Waals surface area contributed by atoms with E-state index in [1.807, 2.05) is 0 Å². The van der Waals surface area contributed by atoms with Crippen LogP contribution in [0.4, 0.5) is 5.69 Å². The summed E-state index contributed by atoms with van der Waals surface area (Å²) < 4.78 is 0. The van der Waals surface area contributed by atoms with Crippen LogP contribution < -0.4 is 34.7 Å². The molecule has 1 aliphatic rings. The molecule has 98 valence electrons. The first-order chi connectivity index (χ1) is 8.93. The molecule has 0 N–H and O–H groups in total. The monoisotopic (exact) mass is 286 g/mol. The molecule has 0 atom stereocenters. The van der Waals surface area contributed by atoms with Gasteiger partial charge in [0, 0.05) is 25.0 Å². The summed E-state index contributed by atoms with van der Waals surface area (Å²) in [6.07, 6.45) is -0.515. The summed E-state index contributed by atoms with van der Waals surface area (Å²) in [6.45, 7) is -0.369. The fourth-order valence-electron chi connectivity index (χ4n) is 1.87. The van der Waals surface area contributed by atoms with Crippen LogP contribution in [0.3, 0.4) is 0 Å². The SMILES string of the molecule is O=C([O-])CCN1C(=O)c2cccc([N+](=O)[O-])c2C1=O.[Na+]. The van der Waals surface area contributed by atoms with Crippen LogP contribution in [-0.2, 0) is 4.79 Å². The summed E-state index contributed by atoms with van der Waals surface area (Å²) in [5.41, 5.74) is -0.847. The molecule has 0 bridgehead atoms. The van der Waals surface area contributed by atoms with E-state index in [9.17, 15) is 29.6 Å². The molecule has 0 spiro atoms. The minimum atomic E-state index is -1.41. The zero-order valence-corrected chi connectivity index (χ0v) is 12.5. The molecule has 8 nitrogen and oxygen atoms in total. The number of aliphatic carboxylic acids is 1. The maximum atomic E-state index is 11.9. The van der Waals surface area contributed by atoms with E-state index in [-0.39, 0.29) is 47.2 Å². The standard InChI is InChI=1S/C11H8N2O6.Na/c14-8(15)4-5-12-10(16)6-2-1-3-7(13(18)19)9(6)11(12)17;/h1-3H,4-5H2,(H,14,15);/q;+1/p-1. The number of carboxylic acid groups (broad SMARTS) is 1. The van der Waals surface area contributed by atoms with Crippen molar-refractivity contribution in [1.82, 2.24) is 4.90 Å². The largest absolute Gasteiger partial charge is 1.00 e. The summed E-state index contributed by atoms with van der Waals surface area (Å²) in [6, 6.07) is 3.71. The Bertz CT molecular complexity index is 615. The van der Waals surface area contributed by atoms with Gasteiger partial charge in [-0.3, -0.25) is 24.6 Å². The molecule has 0 aromatic heterocycles. The number of nitro benzene ring substituents is 1. The maximum Gasteiger partial charge on any atom is 1.00 e. The molecule has 0 radical (unpaired) electrons. The van der Waals surface area contributed by atoms with Gasteiger partial charge in [0.25, 0.3) is 17.5 Å². The van der Waals surface area contributed by atoms with Crippen LogP contribution in [0, 0.1) is 10.1 Å². The van der Waals surface area contributed by atoms with Crippen molar-refractivity contribution >= 4 is 23.5 Å². The number of rotatable bonds is 4. The summed E-state index contributed by atoms with van der Waals surface area (Å²) >= 11 is 0. The molecule has 1 aromatic rings. The van der Waals surface area contributed by atoms with Gasteiger partial charge in [-0.15, -0.1) is 0 Å². The smallest absolute Gasteiger partial charge is 0.550 e. The summed E-state index contributed by atoms with van der Waals surface area (Å²) in [4.78, 5) is 44.9. The van der Waals surface area contributed by atoms with Gasteiger partial charge in [0.1, 0.15) is 5.56 Å². The number of amides is 2. The van der Waals surface area contributed by atoms with Crippen LogP contribution in [0.2, 0.25) is 0 Å². The number of nitro groups is 1. The van der Waals surface area contributed by atoms with Gasteiger partial charge in [-0.05, 0) is 6.07 Å². The first-order valence-corrected chi connectivity index (χ1v) is 5.27. The normalized spacial score (nSPS) is 12.9. The van der Waals surface area contributed by atoms with E-state index in [0.717, 1.165) is 6.07 Å². The van der Waals surface area contributed by atoms with Crippen LogP contribution in [-0.4, -0.2) is 34.2 Å². The number of carboxylic acids is 1. The van der Waals surface area contributed by atoms with Crippen LogP contribution >= 0.6 is 0 Å². The molecule has 20 heavy (non-hydrogen) atoms. The average Bonchev–Trinajstić information content (AvgIpc) is 2.59. The molecule has 0 saturated carbocycles. The number of hydrogen-bond donors (Lipinski definition) is 0. The second-order valence-electron chi connectivity index (χ2n) is 3.84. The number of benzene rings is 1. The average molecular weight is 286 g/mol. The van der Waals surface area contributed by atoms with Crippen molar-refractivity contribution in [3.05, 3.63) is 39.4 Å². The Balaban J connectivity index is 0.00000200. The topological polar surface area (TPSA) is 121 Å².